The Labute approximate surface area is 116 Å². The van der Waals surface area contributed by atoms with E-state index in [1.54, 1.807) is 0 Å². The number of rotatable bonds is 9. The van der Waals surface area contributed by atoms with Gasteiger partial charge in [-0.05, 0) is 0 Å². The fraction of sp³-hybridized carbons (Fsp3) is 0.727. The molecule has 0 spiro atoms. The zero-order chi connectivity index (χ0) is 15.5. The largest absolute Gasteiger partial charge is 0.479 e. The van der Waals surface area contributed by atoms with Crippen LogP contribution in [0.3, 0.4) is 0 Å². The first-order chi connectivity index (χ1) is 9.42. The zero-order valence-electron chi connectivity index (χ0n) is 11.5. The van der Waals surface area contributed by atoms with Gasteiger partial charge in [0.05, 0.1) is 26.7 Å². The van der Waals surface area contributed by atoms with Gasteiger partial charge in [0.1, 0.15) is 0 Å². The molecule has 0 saturated carbocycles. The summed E-state index contributed by atoms with van der Waals surface area (Å²) in [6.07, 6.45) is -1.67. The SMILES string of the molecule is COCCN(CCC(=O)OC)C(=O)NCC(O)C(=O)O. The molecule has 0 aliphatic carbocycles. The van der Waals surface area contributed by atoms with E-state index in [9.17, 15) is 14.4 Å². The van der Waals surface area contributed by atoms with Gasteiger partial charge in [0.2, 0.25) is 0 Å². The molecule has 0 aromatic rings. The summed E-state index contributed by atoms with van der Waals surface area (Å²) in [5.41, 5.74) is 0. The maximum Gasteiger partial charge on any atom is 0.334 e. The second-order valence-electron chi connectivity index (χ2n) is 3.85. The molecule has 0 aliphatic heterocycles. The van der Waals surface area contributed by atoms with Crippen molar-refractivity contribution < 1.29 is 34.1 Å². The lowest BCUT2D eigenvalue weighted by atomic mass is 10.3. The van der Waals surface area contributed by atoms with Crippen LogP contribution in [0.1, 0.15) is 6.42 Å². The van der Waals surface area contributed by atoms with Crippen LogP contribution in [0.25, 0.3) is 0 Å². The third-order valence-electron chi connectivity index (χ3n) is 2.40. The average Bonchev–Trinajstić information content (AvgIpc) is 2.43. The van der Waals surface area contributed by atoms with E-state index in [0.29, 0.717) is 0 Å². The molecule has 1 unspecified atom stereocenters. The van der Waals surface area contributed by atoms with E-state index in [1.165, 1.54) is 19.1 Å². The smallest absolute Gasteiger partial charge is 0.334 e. The minimum Gasteiger partial charge on any atom is -0.479 e. The van der Waals surface area contributed by atoms with Crippen molar-refractivity contribution in [3.63, 3.8) is 0 Å². The lowest BCUT2D eigenvalue weighted by molar-refractivity contribution is -0.146. The van der Waals surface area contributed by atoms with E-state index in [2.05, 4.69) is 10.1 Å². The van der Waals surface area contributed by atoms with Crippen molar-refractivity contribution in [2.75, 3.05) is 40.5 Å². The van der Waals surface area contributed by atoms with E-state index < -0.39 is 30.6 Å². The van der Waals surface area contributed by atoms with Crippen molar-refractivity contribution in [3.05, 3.63) is 0 Å². The van der Waals surface area contributed by atoms with Crippen LogP contribution >= 0.6 is 0 Å². The van der Waals surface area contributed by atoms with Gasteiger partial charge in [-0.2, -0.15) is 0 Å². The summed E-state index contributed by atoms with van der Waals surface area (Å²) >= 11 is 0. The third kappa shape index (κ3) is 7.54. The molecule has 3 N–H and O–H groups in total. The molecule has 0 fully saturated rings. The summed E-state index contributed by atoms with van der Waals surface area (Å²) in [5, 5.41) is 19.8. The molecule has 0 aromatic carbocycles. The Balaban J connectivity index is 4.32. The molecule has 116 valence electrons. The number of hydrogen-bond donors (Lipinski definition) is 3. The summed E-state index contributed by atoms with van der Waals surface area (Å²) in [4.78, 5) is 34.5. The van der Waals surface area contributed by atoms with Gasteiger partial charge in [-0.15, -0.1) is 0 Å². The van der Waals surface area contributed by atoms with Crippen LogP contribution in [0.2, 0.25) is 0 Å². The Hall–Kier alpha value is -1.87. The Morgan fingerprint density at radius 3 is 2.40 bits per heavy atom. The van der Waals surface area contributed by atoms with Crippen molar-refractivity contribution in [2.45, 2.75) is 12.5 Å². The van der Waals surface area contributed by atoms with Gasteiger partial charge in [-0.1, -0.05) is 0 Å². The topological polar surface area (TPSA) is 125 Å². The van der Waals surface area contributed by atoms with E-state index in [0.717, 1.165) is 0 Å². The lowest BCUT2D eigenvalue weighted by Gasteiger charge is -2.22. The van der Waals surface area contributed by atoms with E-state index in [4.69, 9.17) is 14.9 Å². The molecule has 0 aliphatic rings. The van der Waals surface area contributed by atoms with Gasteiger partial charge < -0.3 is 29.9 Å². The summed E-state index contributed by atoms with van der Waals surface area (Å²) in [7, 11) is 2.70. The van der Waals surface area contributed by atoms with Gasteiger partial charge in [0.25, 0.3) is 0 Å². The van der Waals surface area contributed by atoms with Gasteiger partial charge in [-0.25, -0.2) is 9.59 Å². The third-order valence-corrected chi connectivity index (χ3v) is 2.40. The number of carbonyl (C=O) groups is 3. The number of ether oxygens (including phenoxy) is 2. The second kappa shape index (κ2) is 9.98. The number of carboxylic acids is 1. The maximum absolute atomic E-state index is 11.8. The number of carboxylic acid groups (broad SMARTS) is 1. The molecular formula is C11H20N2O7. The molecule has 20 heavy (non-hydrogen) atoms. The summed E-state index contributed by atoms with van der Waals surface area (Å²) in [6, 6.07) is -0.591. The number of nitrogens with one attached hydrogen (secondary N) is 1. The first-order valence-corrected chi connectivity index (χ1v) is 5.91. The Morgan fingerprint density at radius 1 is 1.25 bits per heavy atom. The number of aliphatic carboxylic acids is 1. The number of aliphatic hydroxyl groups excluding tert-OH is 1. The van der Waals surface area contributed by atoms with Crippen LogP contribution < -0.4 is 5.32 Å². The van der Waals surface area contributed by atoms with Crippen molar-refractivity contribution in [1.29, 1.82) is 0 Å². The number of hydrogen-bond acceptors (Lipinski definition) is 6. The predicted octanol–water partition coefficient (Wildman–Crippen LogP) is -1.35. The van der Waals surface area contributed by atoms with Gasteiger partial charge >= 0.3 is 18.0 Å². The summed E-state index contributed by atoms with van der Waals surface area (Å²) < 4.78 is 9.31. The summed E-state index contributed by atoms with van der Waals surface area (Å²) in [6.45, 7) is 0.166. The average molecular weight is 292 g/mol. The standard InChI is InChI=1S/C11H20N2O7/c1-19-6-5-13(4-3-9(15)20-2)11(18)12-7-8(14)10(16)17/h8,14H,3-7H2,1-2H3,(H,12,18)(H,16,17). The van der Waals surface area contributed by atoms with Crippen molar-refractivity contribution in [1.82, 2.24) is 10.2 Å². The highest BCUT2D eigenvalue weighted by atomic mass is 16.5. The highest BCUT2D eigenvalue weighted by Gasteiger charge is 2.18. The fourth-order valence-electron chi connectivity index (χ4n) is 1.23. The zero-order valence-corrected chi connectivity index (χ0v) is 11.5. The number of carbonyl (C=O) groups excluding carboxylic acids is 2. The van der Waals surface area contributed by atoms with Crippen LogP contribution in [0, 0.1) is 0 Å². The summed E-state index contributed by atoms with van der Waals surface area (Å²) in [5.74, 6) is -1.89. The van der Waals surface area contributed by atoms with Crippen LogP contribution in [-0.4, -0.2) is 79.6 Å². The quantitative estimate of drug-likeness (QED) is 0.449. The highest BCUT2D eigenvalue weighted by Crippen LogP contribution is 1.96. The van der Waals surface area contributed by atoms with Crippen molar-refractivity contribution in [3.8, 4) is 0 Å². The number of nitrogens with zero attached hydrogens (tertiary/aromatic N) is 1. The molecule has 0 bridgehead atoms. The fourth-order valence-corrected chi connectivity index (χ4v) is 1.23. The molecule has 0 heterocycles. The molecule has 9 heteroatoms. The van der Waals surface area contributed by atoms with Crippen LogP contribution in [-0.2, 0) is 19.1 Å². The number of urea groups is 1. The normalized spacial score (nSPS) is 11.6. The molecular weight excluding hydrogens is 272 g/mol. The van der Waals surface area contributed by atoms with Gasteiger partial charge in [-0.3, -0.25) is 4.79 Å². The first-order valence-electron chi connectivity index (χ1n) is 5.91. The number of aliphatic hydroxyl groups is 1. The minimum atomic E-state index is -1.68. The molecule has 2 amide bonds. The number of methoxy groups -OCH3 is 2. The van der Waals surface area contributed by atoms with E-state index in [1.807, 2.05) is 0 Å². The Bertz CT molecular complexity index is 335. The Kier molecular flexibility index (Phi) is 9.05. The first kappa shape index (κ1) is 18.1. The Morgan fingerprint density at radius 2 is 1.90 bits per heavy atom. The van der Waals surface area contributed by atoms with Crippen LogP contribution in [0.15, 0.2) is 0 Å². The molecule has 0 saturated heterocycles. The molecule has 0 aromatic heterocycles. The van der Waals surface area contributed by atoms with E-state index in [-0.39, 0.29) is 26.1 Å². The minimum absolute atomic E-state index is 0.00905. The molecule has 1 atom stereocenters. The molecule has 0 rings (SSSR count). The van der Waals surface area contributed by atoms with Crippen molar-refractivity contribution in [2.24, 2.45) is 0 Å². The maximum atomic E-state index is 11.8. The highest BCUT2D eigenvalue weighted by molar-refractivity contribution is 5.77. The number of amides is 2. The van der Waals surface area contributed by atoms with Crippen molar-refractivity contribution >= 4 is 18.0 Å². The van der Waals surface area contributed by atoms with Crippen LogP contribution in [0.4, 0.5) is 4.79 Å². The molecule has 9 nitrogen and oxygen atoms in total. The lowest BCUT2D eigenvalue weighted by Crippen LogP contribution is -2.46. The van der Waals surface area contributed by atoms with Gasteiger partial charge in [0.15, 0.2) is 6.10 Å². The number of esters is 1. The monoisotopic (exact) mass is 292 g/mol. The second-order valence-corrected chi connectivity index (χ2v) is 3.85. The van der Waals surface area contributed by atoms with Crippen LogP contribution in [0.5, 0.6) is 0 Å². The predicted molar refractivity (Wildman–Crippen MR) is 67.1 cm³/mol. The van der Waals surface area contributed by atoms with Gasteiger partial charge in [0, 0.05) is 20.2 Å². The molecule has 0 radical (unpaired) electrons. The van der Waals surface area contributed by atoms with E-state index >= 15 is 0 Å².